The first-order chi connectivity index (χ1) is 10.7. The molecule has 1 amide bonds. The Balaban J connectivity index is 1.93. The number of benzene rings is 1. The molecule has 2 aliphatic rings. The summed E-state index contributed by atoms with van der Waals surface area (Å²) < 4.78 is 0. The van der Waals surface area contributed by atoms with E-state index in [1.165, 1.54) is 6.20 Å². The Kier molecular flexibility index (Phi) is 3.10. The van der Waals surface area contributed by atoms with E-state index >= 15 is 0 Å². The standard InChI is InChI=1S/C16H11Cl2N3O/c17-11-4-1-2-5-12(11)21-15-6-3-7-20(15)13-8-14(18)19-9-10(13)16(21)22/h1-2,4-6,8-9H,3,7H2. The van der Waals surface area contributed by atoms with Crippen molar-refractivity contribution in [2.45, 2.75) is 6.42 Å². The molecule has 0 aliphatic carbocycles. The molecule has 1 aromatic carbocycles. The van der Waals surface area contributed by atoms with Crippen LogP contribution in [0.1, 0.15) is 16.8 Å². The van der Waals surface area contributed by atoms with Gasteiger partial charge in [-0.1, -0.05) is 35.3 Å². The maximum atomic E-state index is 12.9. The number of para-hydroxylation sites is 1. The molecule has 22 heavy (non-hydrogen) atoms. The van der Waals surface area contributed by atoms with Crippen LogP contribution in [-0.2, 0) is 0 Å². The first-order valence-corrected chi connectivity index (χ1v) is 7.64. The summed E-state index contributed by atoms with van der Waals surface area (Å²) in [6, 6.07) is 9.06. The second kappa shape index (κ2) is 5.00. The molecule has 0 spiro atoms. The molecule has 0 saturated carbocycles. The zero-order chi connectivity index (χ0) is 15.3. The molecule has 0 atom stereocenters. The number of aromatic nitrogens is 1. The lowest BCUT2D eigenvalue weighted by Crippen LogP contribution is -2.43. The Hall–Kier alpha value is -2.04. The molecule has 4 nitrogen and oxygen atoms in total. The van der Waals surface area contributed by atoms with Gasteiger partial charge in [-0.25, -0.2) is 4.98 Å². The van der Waals surface area contributed by atoms with Crippen molar-refractivity contribution in [3.05, 3.63) is 64.2 Å². The number of carbonyl (C=O) groups excluding carboxylic acids is 1. The normalized spacial score (nSPS) is 16.5. The lowest BCUT2D eigenvalue weighted by Gasteiger charge is -2.37. The van der Waals surface area contributed by atoms with E-state index in [0.717, 1.165) is 24.5 Å². The maximum Gasteiger partial charge on any atom is 0.267 e. The van der Waals surface area contributed by atoms with E-state index in [1.807, 2.05) is 24.3 Å². The van der Waals surface area contributed by atoms with Crippen molar-refractivity contribution in [2.75, 3.05) is 16.3 Å². The van der Waals surface area contributed by atoms with Crippen LogP contribution < -0.4 is 9.80 Å². The van der Waals surface area contributed by atoms with Crippen LogP contribution in [0.15, 0.2) is 48.4 Å². The fourth-order valence-electron chi connectivity index (χ4n) is 2.90. The summed E-state index contributed by atoms with van der Waals surface area (Å²) >= 11 is 12.3. The van der Waals surface area contributed by atoms with Gasteiger partial charge < -0.3 is 4.90 Å². The Morgan fingerprint density at radius 3 is 2.77 bits per heavy atom. The van der Waals surface area contributed by atoms with E-state index in [1.54, 1.807) is 17.0 Å². The third-order valence-electron chi connectivity index (χ3n) is 3.85. The number of halogens is 2. The quantitative estimate of drug-likeness (QED) is 0.738. The Morgan fingerprint density at radius 2 is 1.95 bits per heavy atom. The molecular weight excluding hydrogens is 321 g/mol. The smallest absolute Gasteiger partial charge is 0.267 e. The fraction of sp³-hybridized carbons (Fsp3) is 0.125. The highest BCUT2D eigenvalue weighted by Crippen LogP contribution is 2.41. The minimum atomic E-state index is -0.142. The molecule has 0 bridgehead atoms. The van der Waals surface area contributed by atoms with Crippen LogP contribution in [0.3, 0.4) is 0 Å². The summed E-state index contributed by atoms with van der Waals surface area (Å²) in [4.78, 5) is 20.7. The van der Waals surface area contributed by atoms with Gasteiger partial charge in [0.1, 0.15) is 11.0 Å². The van der Waals surface area contributed by atoms with Crippen LogP contribution in [0.2, 0.25) is 10.2 Å². The molecule has 0 fully saturated rings. The van der Waals surface area contributed by atoms with Gasteiger partial charge in [-0.3, -0.25) is 9.69 Å². The first-order valence-electron chi connectivity index (χ1n) is 6.89. The van der Waals surface area contributed by atoms with Gasteiger partial charge in [0.2, 0.25) is 0 Å². The summed E-state index contributed by atoms with van der Waals surface area (Å²) in [6.45, 7) is 0.802. The molecule has 1 aromatic heterocycles. The predicted octanol–water partition coefficient (Wildman–Crippen LogP) is 4.10. The zero-order valence-electron chi connectivity index (χ0n) is 11.5. The lowest BCUT2D eigenvalue weighted by atomic mass is 10.1. The van der Waals surface area contributed by atoms with Crippen molar-refractivity contribution < 1.29 is 4.79 Å². The van der Waals surface area contributed by atoms with Gasteiger partial charge in [0, 0.05) is 18.8 Å². The number of nitrogens with zero attached hydrogens (tertiary/aromatic N) is 3. The second-order valence-electron chi connectivity index (χ2n) is 5.12. The number of carbonyl (C=O) groups is 1. The van der Waals surface area contributed by atoms with Gasteiger partial charge in [0.05, 0.1) is 22.0 Å². The van der Waals surface area contributed by atoms with Gasteiger partial charge in [-0.15, -0.1) is 0 Å². The predicted molar refractivity (Wildman–Crippen MR) is 87.6 cm³/mol. The highest BCUT2D eigenvalue weighted by atomic mass is 35.5. The van der Waals surface area contributed by atoms with Gasteiger partial charge >= 0.3 is 0 Å². The van der Waals surface area contributed by atoms with E-state index in [9.17, 15) is 4.79 Å². The molecule has 2 aliphatic heterocycles. The summed E-state index contributed by atoms with van der Waals surface area (Å²) in [6.07, 6.45) is 4.43. The van der Waals surface area contributed by atoms with Gasteiger partial charge in [0.25, 0.3) is 5.91 Å². The maximum absolute atomic E-state index is 12.9. The first kappa shape index (κ1) is 13.6. The summed E-state index contributed by atoms with van der Waals surface area (Å²) in [5.74, 6) is 0.685. The number of hydrogen-bond donors (Lipinski definition) is 0. The van der Waals surface area contributed by atoms with Crippen molar-refractivity contribution in [1.82, 2.24) is 4.98 Å². The Morgan fingerprint density at radius 1 is 1.14 bits per heavy atom. The van der Waals surface area contributed by atoms with Crippen molar-refractivity contribution in [1.29, 1.82) is 0 Å². The Bertz CT molecular complexity index is 819. The van der Waals surface area contributed by atoms with Gasteiger partial charge in [-0.2, -0.15) is 0 Å². The molecule has 0 saturated heterocycles. The molecule has 4 rings (SSSR count). The van der Waals surface area contributed by atoms with Crippen LogP contribution >= 0.6 is 23.2 Å². The van der Waals surface area contributed by atoms with Gasteiger partial charge in [0.15, 0.2) is 0 Å². The molecule has 110 valence electrons. The van der Waals surface area contributed by atoms with Crippen molar-refractivity contribution in [3.8, 4) is 0 Å². The Labute approximate surface area is 137 Å². The molecule has 6 heteroatoms. The summed E-state index contributed by atoms with van der Waals surface area (Å²) in [5, 5.41) is 0.915. The molecule has 0 N–H and O–H groups in total. The van der Waals surface area contributed by atoms with Crippen LogP contribution in [-0.4, -0.2) is 17.4 Å². The minimum absolute atomic E-state index is 0.142. The van der Waals surface area contributed by atoms with E-state index in [0.29, 0.717) is 21.4 Å². The van der Waals surface area contributed by atoms with Crippen LogP contribution in [0.4, 0.5) is 11.4 Å². The van der Waals surface area contributed by atoms with Crippen LogP contribution in [0.25, 0.3) is 0 Å². The number of fused-ring (bicyclic) bond motifs is 3. The molecule has 0 radical (unpaired) electrons. The van der Waals surface area contributed by atoms with Crippen molar-refractivity contribution >= 4 is 40.5 Å². The number of hydrogen-bond acceptors (Lipinski definition) is 3. The van der Waals surface area contributed by atoms with Crippen molar-refractivity contribution in [2.24, 2.45) is 0 Å². The number of amides is 1. The zero-order valence-corrected chi connectivity index (χ0v) is 13.0. The van der Waals surface area contributed by atoms with Gasteiger partial charge in [-0.05, 0) is 24.6 Å². The average Bonchev–Trinajstić information content (AvgIpc) is 2.98. The van der Waals surface area contributed by atoms with E-state index in [-0.39, 0.29) is 5.91 Å². The van der Waals surface area contributed by atoms with E-state index in [4.69, 9.17) is 23.2 Å². The second-order valence-corrected chi connectivity index (χ2v) is 5.91. The highest BCUT2D eigenvalue weighted by Gasteiger charge is 2.37. The average molecular weight is 332 g/mol. The highest BCUT2D eigenvalue weighted by molar-refractivity contribution is 6.34. The molecule has 0 unspecified atom stereocenters. The third-order valence-corrected chi connectivity index (χ3v) is 4.38. The molecular formula is C16H11Cl2N3O. The lowest BCUT2D eigenvalue weighted by molar-refractivity contribution is 0.0991. The molecule has 2 aromatic rings. The summed E-state index contributed by atoms with van der Waals surface area (Å²) in [5.41, 5.74) is 2.01. The topological polar surface area (TPSA) is 36.4 Å². The van der Waals surface area contributed by atoms with Crippen LogP contribution in [0, 0.1) is 0 Å². The van der Waals surface area contributed by atoms with Crippen molar-refractivity contribution in [3.63, 3.8) is 0 Å². The number of pyridine rings is 1. The number of anilines is 2. The largest absolute Gasteiger partial charge is 0.326 e. The monoisotopic (exact) mass is 331 g/mol. The van der Waals surface area contributed by atoms with E-state index in [2.05, 4.69) is 9.88 Å². The number of rotatable bonds is 1. The minimum Gasteiger partial charge on any atom is -0.326 e. The fourth-order valence-corrected chi connectivity index (χ4v) is 3.27. The SMILES string of the molecule is O=C1c2cnc(Cl)cc2N2CCC=C2N1c1ccccc1Cl. The van der Waals surface area contributed by atoms with E-state index < -0.39 is 0 Å². The third kappa shape index (κ3) is 1.91. The van der Waals surface area contributed by atoms with Crippen LogP contribution in [0.5, 0.6) is 0 Å². The summed E-state index contributed by atoms with van der Waals surface area (Å²) in [7, 11) is 0. The molecule has 3 heterocycles.